The highest BCUT2D eigenvalue weighted by molar-refractivity contribution is 7.92. The van der Waals surface area contributed by atoms with Crippen molar-refractivity contribution in [2.45, 2.75) is 24.3 Å². The van der Waals surface area contributed by atoms with Crippen molar-refractivity contribution in [3.05, 3.63) is 87.7 Å². The van der Waals surface area contributed by atoms with Gasteiger partial charge in [-0.25, -0.2) is 12.8 Å². The van der Waals surface area contributed by atoms with E-state index in [1.165, 1.54) is 16.4 Å². The largest absolute Gasteiger partial charge is 0.322 e. The summed E-state index contributed by atoms with van der Waals surface area (Å²) >= 11 is 11.9. The van der Waals surface area contributed by atoms with E-state index in [1.54, 1.807) is 43.3 Å². The van der Waals surface area contributed by atoms with Crippen LogP contribution in [0.15, 0.2) is 65.6 Å². The van der Waals surface area contributed by atoms with Crippen LogP contribution >= 0.6 is 23.2 Å². The fourth-order valence-electron chi connectivity index (χ4n) is 3.61. The van der Waals surface area contributed by atoms with E-state index in [0.717, 1.165) is 17.7 Å². The van der Waals surface area contributed by atoms with Crippen LogP contribution < -0.4 is 9.62 Å². The van der Waals surface area contributed by atoms with Crippen molar-refractivity contribution in [3.8, 4) is 0 Å². The molecule has 31 heavy (non-hydrogen) atoms. The Kier molecular flexibility index (Phi) is 5.68. The number of halogens is 3. The second-order valence-electron chi connectivity index (χ2n) is 7.23. The molecule has 0 fully saturated rings. The second-order valence-corrected chi connectivity index (χ2v) is 9.86. The molecule has 0 bridgehead atoms. The van der Waals surface area contributed by atoms with Crippen LogP contribution in [0, 0.1) is 5.82 Å². The molecule has 1 heterocycles. The molecule has 0 radical (unpaired) electrons. The molecule has 0 aromatic heterocycles. The van der Waals surface area contributed by atoms with Gasteiger partial charge < -0.3 is 5.32 Å². The molecule has 9 heteroatoms. The molecule has 3 aromatic rings. The molecular weight excluding hydrogens is 462 g/mol. The highest BCUT2D eigenvalue weighted by Crippen LogP contribution is 2.37. The Labute approximate surface area is 189 Å². The lowest BCUT2D eigenvalue weighted by Crippen LogP contribution is -2.35. The molecule has 160 valence electrons. The van der Waals surface area contributed by atoms with Gasteiger partial charge in [-0.3, -0.25) is 9.10 Å². The molecule has 0 saturated heterocycles. The molecule has 0 aliphatic carbocycles. The molecule has 0 saturated carbocycles. The minimum absolute atomic E-state index is 0.00929. The number of carbonyl (C=O) groups is 1. The first-order valence-electron chi connectivity index (χ1n) is 9.36. The quantitative estimate of drug-likeness (QED) is 0.536. The maximum absolute atomic E-state index is 13.2. The molecule has 1 atom stereocenters. The highest BCUT2D eigenvalue weighted by Gasteiger charge is 2.36. The summed E-state index contributed by atoms with van der Waals surface area (Å²) in [5.41, 5.74) is 2.12. The van der Waals surface area contributed by atoms with Gasteiger partial charge in [0.1, 0.15) is 5.82 Å². The molecule has 3 aromatic carbocycles. The summed E-state index contributed by atoms with van der Waals surface area (Å²) in [5.74, 6) is -0.861. The number of carbonyl (C=O) groups excluding carboxylic acids is 1. The van der Waals surface area contributed by atoms with Crippen LogP contribution in [0.1, 0.15) is 22.8 Å². The molecule has 1 aliphatic heterocycles. The van der Waals surface area contributed by atoms with E-state index in [1.807, 2.05) is 0 Å². The third-order valence-corrected chi connectivity index (χ3v) is 7.72. The minimum atomic E-state index is -3.87. The topological polar surface area (TPSA) is 66.5 Å². The summed E-state index contributed by atoms with van der Waals surface area (Å²) in [4.78, 5) is 12.7. The van der Waals surface area contributed by atoms with Gasteiger partial charge in [0.05, 0.1) is 20.6 Å². The predicted octanol–water partition coefficient (Wildman–Crippen LogP) is 5.52. The fourth-order valence-corrected chi connectivity index (χ4v) is 5.60. The lowest BCUT2D eigenvalue weighted by atomic mass is 10.1. The standard InChI is InChI=1S/C22H17Cl2FN2O3S/c1-13-10-15-11-14(22(28)26-17-5-8-19(23)20(24)12-17)2-9-21(15)27(13)31(29,30)18-6-3-16(25)4-7-18/h2-9,11-13H,10H2,1H3,(H,26,28)/t13-/m0/s1. The van der Waals surface area contributed by atoms with Gasteiger partial charge in [-0.2, -0.15) is 0 Å². The van der Waals surface area contributed by atoms with Crippen molar-refractivity contribution in [2.24, 2.45) is 0 Å². The molecule has 1 amide bonds. The van der Waals surface area contributed by atoms with Gasteiger partial charge in [-0.05, 0) is 79.6 Å². The zero-order chi connectivity index (χ0) is 22.3. The van der Waals surface area contributed by atoms with Gasteiger partial charge in [0.25, 0.3) is 15.9 Å². The number of benzene rings is 3. The summed E-state index contributed by atoms with van der Waals surface area (Å²) in [6.07, 6.45) is 0.448. The summed E-state index contributed by atoms with van der Waals surface area (Å²) in [7, 11) is -3.87. The number of fused-ring (bicyclic) bond motifs is 1. The molecule has 5 nitrogen and oxygen atoms in total. The lowest BCUT2D eigenvalue weighted by Gasteiger charge is -2.24. The van der Waals surface area contributed by atoms with E-state index >= 15 is 0 Å². The molecule has 0 spiro atoms. The van der Waals surface area contributed by atoms with Crippen LogP contribution in [0.2, 0.25) is 10.0 Å². The minimum Gasteiger partial charge on any atom is -0.322 e. The van der Waals surface area contributed by atoms with Crippen molar-refractivity contribution in [1.29, 1.82) is 0 Å². The Morgan fingerprint density at radius 2 is 1.74 bits per heavy atom. The average Bonchev–Trinajstić information content (AvgIpc) is 3.06. The Hall–Kier alpha value is -2.61. The van der Waals surface area contributed by atoms with E-state index in [2.05, 4.69) is 5.32 Å². The van der Waals surface area contributed by atoms with E-state index in [9.17, 15) is 17.6 Å². The van der Waals surface area contributed by atoms with E-state index in [4.69, 9.17) is 23.2 Å². The van der Waals surface area contributed by atoms with Crippen molar-refractivity contribution in [1.82, 2.24) is 0 Å². The summed E-state index contributed by atoms with van der Waals surface area (Å²) < 4.78 is 40.8. The SMILES string of the molecule is C[C@H]1Cc2cc(C(=O)Nc3ccc(Cl)c(Cl)c3)ccc2N1S(=O)(=O)c1ccc(F)cc1. The number of nitrogens with zero attached hydrogens (tertiary/aromatic N) is 1. The smallest absolute Gasteiger partial charge is 0.264 e. The molecule has 4 rings (SSSR count). The van der Waals surface area contributed by atoms with E-state index in [-0.39, 0.29) is 16.8 Å². The van der Waals surface area contributed by atoms with Gasteiger partial charge in [0, 0.05) is 17.3 Å². The first kappa shape index (κ1) is 21.6. The van der Waals surface area contributed by atoms with Crippen molar-refractivity contribution in [2.75, 3.05) is 9.62 Å². The van der Waals surface area contributed by atoms with Gasteiger partial charge in [-0.15, -0.1) is 0 Å². The molecule has 0 unspecified atom stereocenters. The van der Waals surface area contributed by atoms with Crippen LogP contribution in [0.4, 0.5) is 15.8 Å². The summed E-state index contributed by atoms with van der Waals surface area (Å²) in [6.45, 7) is 1.79. The number of hydrogen-bond acceptors (Lipinski definition) is 3. The van der Waals surface area contributed by atoms with E-state index in [0.29, 0.717) is 33.4 Å². The zero-order valence-electron chi connectivity index (χ0n) is 16.3. The van der Waals surface area contributed by atoms with Crippen LogP contribution in [-0.4, -0.2) is 20.4 Å². The normalized spacial score (nSPS) is 15.6. The van der Waals surface area contributed by atoms with Crippen LogP contribution in [0.25, 0.3) is 0 Å². The van der Waals surface area contributed by atoms with Crippen LogP contribution in [0.3, 0.4) is 0 Å². The summed E-state index contributed by atoms with van der Waals surface area (Å²) in [6, 6.07) is 14.0. The van der Waals surface area contributed by atoms with Gasteiger partial charge in [-0.1, -0.05) is 23.2 Å². The Morgan fingerprint density at radius 3 is 2.42 bits per heavy atom. The van der Waals surface area contributed by atoms with Crippen LogP contribution in [-0.2, 0) is 16.4 Å². The molecular formula is C22H17Cl2FN2O3S. The number of anilines is 2. The van der Waals surface area contributed by atoms with Crippen molar-refractivity contribution < 1.29 is 17.6 Å². The monoisotopic (exact) mass is 478 g/mol. The average molecular weight is 479 g/mol. The van der Waals surface area contributed by atoms with Gasteiger partial charge in [0.2, 0.25) is 0 Å². The van der Waals surface area contributed by atoms with Gasteiger partial charge >= 0.3 is 0 Å². The maximum Gasteiger partial charge on any atom is 0.264 e. The van der Waals surface area contributed by atoms with Gasteiger partial charge in [0.15, 0.2) is 0 Å². The number of sulfonamides is 1. The number of amides is 1. The van der Waals surface area contributed by atoms with E-state index < -0.39 is 15.8 Å². The maximum atomic E-state index is 13.2. The Bertz CT molecular complexity index is 1280. The lowest BCUT2D eigenvalue weighted by molar-refractivity contribution is 0.102. The second kappa shape index (κ2) is 8.15. The Morgan fingerprint density at radius 1 is 1.03 bits per heavy atom. The first-order valence-corrected chi connectivity index (χ1v) is 11.6. The fraction of sp³-hybridized carbons (Fsp3) is 0.136. The van der Waals surface area contributed by atoms with Crippen molar-refractivity contribution in [3.63, 3.8) is 0 Å². The predicted molar refractivity (Wildman–Crippen MR) is 120 cm³/mol. The molecule has 1 aliphatic rings. The first-order chi connectivity index (χ1) is 14.7. The molecule has 1 N–H and O–H groups in total. The summed E-state index contributed by atoms with van der Waals surface area (Å²) in [5, 5.41) is 3.46. The Balaban J connectivity index is 1.62. The third-order valence-electron chi connectivity index (χ3n) is 5.04. The zero-order valence-corrected chi connectivity index (χ0v) is 18.6. The number of rotatable bonds is 4. The highest BCUT2D eigenvalue weighted by atomic mass is 35.5. The van der Waals surface area contributed by atoms with Crippen LogP contribution in [0.5, 0.6) is 0 Å². The van der Waals surface area contributed by atoms with Crippen molar-refractivity contribution >= 4 is 50.5 Å². The number of hydrogen-bond donors (Lipinski definition) is 1. The number of nitrogens with one attached hydrogen (secondary N) is 1. The third kappa shape index (κ3) is 4.13.